The Hall–Kier alpha value is -2.20. The molecule has 0 aliphatic carbocycles. The number of aromatic nitrogens is 3. The molecule has 10 heteroatoms. The second kappa shape index (κ2) is 8.66. The van der Waals surface area contributed by atoms with E-state index in [-0.39, 0.29) is 22.4 Å². The van der Waals surface area contributed by atoms with Crippen LogP contribution in [0.4, 0.5) is 5.69 Å². The third kappa shape index (κ3) is 4.09. The molecule has 0 spiro atoms. The molecule has 0 bridgehead atoms. The number of hydrogen-bond acceptors (Lipinski definition) is 7. The topological polar surface area (TPSA) is 76.9 Å². The SMILES string of the molecule is CCn1c(SCC(=O)Nc2cccnc2Cl)nc2scc(-c3cccs3)c2c1=O. The highest BCUT2D eigenvalue weighted by Crippen LogP contribution is 2.34. The van der Waals surface area contributed by atoms with Gasteiger partial charge in [-0.2, -0.15) is 0 Å². The van der Waals surface area contributed by atoms with Crippen LogP contribution in [0.5, 0.6) is 0 Å². The molecule has 0 unspecified atom stereocenters. The maximum Gasteiger partial charge on any atom is 0.263 e. The minimum atomic E-state index is -0.243. The minimum absolute atomic E-state index is 0.0830. The van der Waals surface area contributed by atoms with E-state index in [1.807, 2.05) is 29.8 Å². The van der Waals surface area contributed by atoms with Crippen LogP contribution in [-0.2, 0) is 11.3 Å². The van der Waals surface area contributed by atoms with Gasteiger partial charge in [0.1, 0.15) is 4.83 Å². The smallest absolute Gasteiger partial charge is 0.263 e. The third-order valence-electron chi connectivity index (χ3n) is 4.13. The number of halogens is 1. The first kappa shape index (κ1) is 20.1. The van der Waals surface area contributed by atoms with E-state index in [1.54, 1.807) is 34.2 Å². The van der Waals surface area contributed by atoms with Crippen molar-refractivity contribution in [3.63, 3.8) is 0 Å². The van der Waals surface area contributed by atoms with E-state index in [4.69, 9.17) is 11.6 Å². The summed E-state index contributed by atoms with van der Waals surface area (Å²) in [4.78, 5) is 35.8. The summed E-state index contributed by atoms with van der Waals surface area (Å²) in [6.45, 7) is 2.37. The molecule has 1 N–H and O–H groups in total. The largest absolute Gasteiger partial charge is 0.323 e. The van der Waals surface area contributed by atoms with E-state index in [9.17, 15) is 9.59 Å². The Morgan fingerprint density at radius 3 is 2.90 bits per heavy atom. The van der Waals surface area contributed by atoms with Gasteiger partial charge >= 0.3 is 0 Å². The van der Waals surface area contributed by atoms with Gasteiger partial charge in [0.25, 0.3) is 5.56 Å². The molecular formula is C19H15ClN4O2S3. The molecule has 4 aromatic heterocycles. The van der Waals surface area contributed by atoms with E-state index in [0.29, 0.717) is 27.6 Å². The number of nitrogens with zero attached hydrogens (tertiary/aromatic N) is 3. The number of thioether (sulfide) groups is 1. The van der Waals surface area contributed by atoms with Gasteiger partial charge in [0.05, 0.1) is 16.8 Å². The van der Waals surface area contributed by atoms with Crippen molar-refractivity contribution in [2.24, 2.45) is 0 Å². The van der Waals surface area contributed by atoms with E-state index < -0.39 is 0 Å². The molecule has 0 atom stereocenters. The quantitative estimate of drug-likeness (QED) is 0.248. The lowest BCUT2D eigenvalue weighted by molar-refractivity contribution is -0.113. The second-order valence-electron chi connectivity index (χ2n) is 5.93. The average molecular weight is 463 g/mol. The van der Waals surface area contributed by atoms with Crippen LogP contribution in [0, 0.1) is 0 Å². The van der Waals surface area contributed by atoms with Crippen LogP contribution in [0.15, 0.2) is 51.2 Å². The standard InChI is InChI=1S/C19H15ClN4O2S3/c1-2-24-18(26)15-11(13-6-4-8-27-13)9-28-17(15)23-19(24)29-10-14(25)22-12-5-3-7-21-16(12)20/h3-9H,2,10H2,1H3,(H,22,25). The first-order chi connectivity index (χ1) is 14.1. The van der Waals surface area contributed by atoms with Crippen LogP contribution in [-0.4, -0.2) is 26.2 Å². The predicted molar refractivity (Wildman–Crippen MR) is 121 cm³/mol. The molecule has 1 amide bonds. The monoisotopic (exact) mass is 462 g/mol. The molecule has 0 radical (unpaired) electrons. The van der Waals surface area contributed by atoms with Crippen LogP contribution < -0.4 is 10.9 Å². The molecule has 0 saturated carbocycles. The van der Waals surface area contributed by atoms with E-state index >= 15 is 0 Å². The highest BCUT2D eigenvalue weighted by molar-refractivity contribution is 7.99. The van der Waals surface area contributed by atoms with Crippen LogP contribution in [0.2, 0.25) is 5.15 Å². The lowest BCUT2D eigenvalue weighted by Crippen LogP contribution is -2.23. The Morgan fingerprint density at radius 2 is 2.17 bits per heavy atom. The van der Waals surface area contributed by atoms with Gasteiger partial charge in [0.2, 0.25) is 5.91 Å². The number of carbonyl (C=O) groups is 1. The lowest BCUT2D eigenvalue weighted by Gasteiger charge is -2.10. The van der Waals surface area contributed by atoms with Gasteiger partial charge in [-0.15, -0.1) is 22.7 Å². The van der Waals surface area contributed by atoms with Crippen molar-refractivity contribution in [2.75, 3.05) is 11.1 Å². The molecule has 0 aromatic carbocycles. The van der Waals surface area contributed by atoms with Crippen molar-refractivity contribution >= 4 is 67.8 Å². The minimum Gasteiger partial charge on any atom is -0.323 e. The number of anilines is 1. The summed E-state index contributed by atoms with van der Waals surface area (Å²) in [5.74, 6) is -0.140. The average Bonchev–Trinajstić information content (AvgIpc) is 3.38. The molecule has 0 aliphatic rings. The number of rotatable bonds is 6. The first-order valence-corrected chi connectivity index (χ1v) is 11.8. The molecule has 0 fully saturated rings. The number of nitrogens with one attached hydrogen (secondary N) is 1. The Bertz CT molecular complexity index is 1230. The number of fused-ring (bicyclic) bond motifs is 1. The van der Waals surface area contributed by atoms with Crippen molar-refractivity contribution in [3.8, 4) is 10.4 Å². The second-order valence-corrected chi connectivity index (χ2v) is 9.04. The zero-order valence-electron chi connectivity index (χ0n) is 15.2. The zero-order valence-corrected chi connectivity index (χ0v) is 18.4. The Balaban J connectivity index is 1.60. The third-order valence-corrected chi connectivity index (χ3v) is 7.18. The fourth-order valence-corrected chi connectivity index (χ4v) is 5.64. The van der Waals surface area contributed by atoms with Crippen LogP contribution >= 0.6 is 46.0 Å². The van der Waals surface area contributed by atoms with Gasteiger partial charge in [0.15, 0.2) is 10.3 Å². The summed E-state index contributed by atoms with van der Waals surface area (Å²) in [6, 6.07) is 7.34. The maximum atomic E-state index is 13.1. The van der Waals surface area contributed by atoms with E-state index in [1.165, 1.54) is 23.1 Å². The first-order valence-electron chi connectivity index (χ1n) is 8.67. The fraction of sp³-hybridized carbons (Fsp3) is 0.158. The summed E-state index contributed by atoms with van der Waals surface area (Å²) in [7, 11) is 0. The number of carbonyl (C=O) groups excluding carboxylic acids is 1. The van der Waals surface area contributed by atoms with Crippen molar-refractivity contribution in [3.05, 3.63) is 56.7 Å². The summed E-state index contributed by atoms with van der Waals surface area (Å²) in [6.07, 6.45) is 1.55. The van der Waals surface area contributed by atoms with Crippen LogP contribution in [0.25, 0.3) is 20.7 Å². The number of hydrogen-bond donors (Lipinski definition) is 1. The molecule has 4 rings (SSSR count). The van der Waals surface area contributed by atoms with E-state index in [0.717, 1.165) is 10.4 Å². The Kier molecular flexibility index (Phi) is 6.00. The number of amides is 1. The van der Waals surface area contributed by atoms with Gasteiger partial charge in [-0.1, -0.05) is 29.4 Å². The van der Waals surface area contributed by atoms with Crippen molar-refractivity contribution in [1.29, 1.82) is 0 Å². The summed E-state index contributed by atoms with van der Waals surface area (Å²) in [5, 5.41) is 8.08. The maximum absolute atomic E-state index is 13.1. The number of thiophene rings is 2. The molecule has 0 aliphatic heterocycles. The predicted octanol–water partition coefficient (Wildman–Crippen LogP) is 4.99. The number of pyridine rings is 1. The van der Waals surface area contributed by atoms with Gasteiger partial charge in [-0.3, -0.25) is 14.2 Å². The van der Waals surface area contributed by atoms with Crippen LogP contribution in [0.3, 0.4) is 0 Å². The highest BCUT2D eigenvalue weighted by atomic mass is 35.5. The highest BCUT2D eigenvalue weighted by Gasteiger charge is 2.18. The van der Waals surface area contributed by atoms with Crippen molar-refractivity contribution in [1.82, 2.24) is 14.5 Å². The Morgan fingerprint density at radius 1 is 1.31 bits per heavy atom. The van der Waals surface area contributed by atoms with Gasteiger partial charge in [-0.25, -0.2) is 9.97 Å². The molecule has 6 nitrogen and oxygen atoms in total. The van der Waals surface area contributed by atoms with Crippen molar-refractivity contribution < 1.29 is 4.79 Å². The normalized spacial score (nSPS) is 11.1. The van der Waals surface area contributed by atoms with Crippen LogP contribution in [0.1, 0.15) is 6.92 Å². The molecular weight excluding hydrogens is 448 g/mol. The molecule has 0 saturated heterocycles. The van der Waals surface area contributed by atoms with Gasteiger partial charge in [-0.05, 0) is 30.5 Å². The molecule has 4 heterocycles. The molecule has 29 heavy (non-hydrogen) atoms. The molecule has 148 valence electrons. The van der Waals surface area contributed by atoms with Crippen molar-refractivity contribution in [2.45, 2.75) is 18.6 Å². The van der Waals surface area contributed by atoms with E-state index in [2.05, 4.69) is 15.3 Å². The Labute approximate surface area is 183 Å². The summed E-state index contributed by atoms with van der Waals surface area (Å²) < 4.78 is 1.61. The summed E-state index contributed by atoms with van der Waals surface area (Å²) >= 11 is 10.2. The van der Waals surface area contributed by atoms with Gasteiger partial charge < -0.3 is 5.32 Å². The molecule has 4 aromatic rings. The zero-order chi connectivity index (χ0) is 20.4. The lowest BCUT2D eigenvalue weighted by atomic mass is 10.2. The fourth-order valence-electron chi connectivity index (χ4n) is 2.80. The summed E-state index contributed by atoms with van der Waals surface area (Å²) in [5.41, 5.74) is 1.29. The van der Waals surface area contributed by atoms with Gasteiger partial charge in [0, 0.05) is 28.6 Å².